The maximum atomic E-state index is 11.3. The Hall–Kier alpha value is -0.860. The van der Waals surface area contributed by atoms with Crippen LogP contribution in [0.15, 0.2) is 0 Å². The number of ether oxygens (including phenoxy) is 1. The van der Waals surface area contributed by atoms with Gasteiger partial charge in [0.15, 0.2) is 0 Å². The van der Waals surface area contributed by atoms with Crippen molar-refractivity contribution in [2.24, 2.45) is 0 Å². The van der Waals surface area contributed by atoms with Crippen molar-refractivity contribution in [3.05, 3.63) is 0 Å². The standard InChI is InChI=1S/C18H34O3/c1-3-5-6-7-8-9-10-11-12-13-14-16-18(20)21-17(19)15-4-2/h3-16H2,1-2H3. The summed E-state index contributed by atoms with van der Waals surface area (Å²) in [5, 5.41) is 0. The van der Waals surface area contributed by atoms with Gasteiger partial charge in [-0.15, -0.1) is 0 Å². The van der Waals surface area contributed by atoms with Crippen LogP contribution in [0.1, 0.15) is 104 Å². The van der Waals surface area contributed by atoms with E-state index < -0.39 is 0 Å². The number of esters is 2. The van der Waals surface area contributed by atoms with E-state index in [1.54, 1.807) is 0 Å². The lowest BCUT2D eigenvalue weighted by Crippen LogP contribution is -2.11. The van der Waals surface area contributed by atoms with Crippen molar-refractivity contribution in [1.29, 1.82) is 0 Å². The first-order valence-corrected chi connectivity index (χ1v) is 8.94. The Bertz CT molecular complexity index is 261. The summed E-state index contributed by atoms with van der Waals surface area (Å²) in [6, 6.07) is 0. The second-order valence-corrected chi connectivity index (χ2v) is 5.88. The smallest absolute Gasteiger partial charge is 0.313 e. The minimum atomic E-state index is -0.384. The van der Waals surface area contributed by atoms with E-state index in [0.717, 1.165) is 19.3 Å². The summed E-state index contributed by atoms with van der Waals surface area (Å²) in [5.74, 6) is -0.741. The van der Waals surface area contributed by atoms with Crippen molar-refractivity contribution < 1.29 is 14.3 Å². The molecule has 0 saturated carbocycles. The molecular weight excluding hydrogens is 264 g/mol. The molecule has 0 aliphatic rings. The highest BCUT2D eigenvalue weighted by Crippen LogP contribution is 2.12. The Balaban J connectivity index is 3.21. The van der Waals surface area contributed by atoms with Gasteiger partial charge in [0.25, 0.3) is 0 Å². The number of carbonyl (C=O) groups is 2. The van der Waals surface area contributed by atoms with E-state index in [-0.39, 0.29) is 11.9 Å². The maximum absolute atomic E-state index is 11.3. The molecule has 0 aromatic heterocycles. The molecule has 0 amide bonds. The van der Waals surface area contributed by atoms with Crippen LogP contribution in [0.3, 0.4) is 0 Å². The Morgan fingerprint density at radius 3 is 1.48 bits per heavy atom. The Kier molecular flexibility index (Phi) is 14.9. The first-order chi connectivity index (χ1) is 10.2. The molecule has 3 heteroatoms. The van der Waals surface area contributed by atoms with Crippen LogP contribution < -0.4 is 0 Å². The van der Waals surface area contributed by atoms with E-state index in [2.05, 4.69) is 6.92 Å². The fourth-order valence-corrected chi connectivity index (χ4v) is 2.37. The van der Waals surface area contributed by atoms with Crippen LogP contribution in [0.2, 0.25) is 0 Å². The summed E-state index contributed by atoms with van der Waals surface area (Å²) in [6.45, 7) is 4.14. The van der Waals surface area contributed by atoms with Gasteiger partial charge in [-0.25, -0.2) is 0 Å². The van der Waals surface area contributed by atoms with Crippen LogP contribution in [-0.4, -0.2) is 11.9 Å². The zero-order chi connectivity index (χ0) is 15.8. The van der Waals surface area contributed by atoms with Gasteiger partial charge in [-0.2, -0.15) is 0 Å². The average Bonchev–Trinajstić information content (AvgIpc) is 2.45. The topological polar surface area (TPSA) is 43.4 Å². The summed E-state index contributed by atoms with van der Waals surface area (Å²) < 4.78 is 4.70. The van der Waals surface area contributed by atoms with Crippen molar-refractivity contribution in [3.63, 3.8) is 0 Å². The molecule has 21 heavy (non-hydrogen) atoms. The summed E-state index contributed by atoms with van der Waals surface area (Å²) in [4.78, 5) is 22.5. The molecule has 0 spiro atoms. The van der Waals surface area contributed by atoms with E-state index >= 15 is 0 Å². The van der Waals surface area contributed by atoms with Crippen LogP contribution in [-0.2, 0) is 14.3 Å². The quantitative estimate of drug-likeness (QED) is 0.239. The van der Waals surface area contributed by atoms with Gasteiger partial charge in [-0.05, 0) is 12.8 Å². The lowest BCUT2D eigenvalue weighted by molar-refractivity contribution is -0.159. The monoisotopic (exact) mass is 298 g/mol. The molecule has 0 bridgehead atoms. The largest absolute Gasteiger partial charge is 0.393 e. The molecule has 0 atom stereocenters. The molecular formula is C18H34O3. The molecule has 3 nitrogen and oxygen atoms in total. The van der Waals surface area contributed by atoms with Crippen molar-refractivity contribution in [2.75, 3.05) is 0 Å². The average molecular weight is 298 g/mol. The van der Waals surface area contributed by atoms with Crippen LogP contribution in [0, 0.1) is 0 Å². The second-order valence-electron chi connectivity index (χ2n) is 5.88. The molecule has 0 rings (SSSR count). The van der Waals surface area contributed by atoms with E-state index in [0.29, 0.717) is 12.8 Å². The van der Waals surface area contributed by atoms with Crippen LogP contribution in [0.25, 0.3) is 0 Å². The van der Waals surface area contributed by atoms with Gasteiger partial charge in [0.2, 0.25) is 0 Å². The predicted molar refractivity (Wildman–Crippen MR) is 87.1 cm³/mol. The van der Waals surface area contributed by atoms with Gasteiger partial charge in [0.05, 0.1) is 0 Å². The molecule has 0 radical (unpaired) electrons. The minimum Gasteiger partial charge on any atom is -0.393 e. The van der Waals surface area contributed by atoms with Gasteiger partial charge in [-0.1, -0.05) is 78.1 Å². The zero-order valence-corrected chi connectivity index (χ0v) is 14.1. The summed E-state index contributed by atoms with van der Waals surface area (Å²) in [6.07, 6.45) is 15.3. The number of unbranched alkanes of at least 4 members (excludes halogenated alkanes) is 10. The summed E-state index contributed by atoms with van der Waals surface area (Å²) in [7, 11) is 0. The van der Waals surface area contributed by atoms with Gasteiger partial charge < -0.3 is 4.74 Å². The first kappa shape index (κ1) is 20.1. The number of hydrogen-bond acceptors (Lipinski definition) is 3. The van der Waals surface area contributed by atoms with E-state index in [1.807, 2.05) is 6.92 Å². The molecule has 0 heterocycles. The Morgan fingerprint density at radius 2 is 1.00 bits per heavy atom. The van der Waals surface area contributed by atoms with Gasteiger partial charge in [0, 0.05) is 12.8 Å². The van der Waals surface area contributed by atoms with Crippen molar-refractivity contribution in [2.45, 2.75) is 104 Å². The minimum absolute atomic E-state index is 0.337. The van der Waals surface area contributed by atoms with Crippen molar-refractivity contribution >= 4 is 11.9 Å². The number of rotatable bonds is 14. The van der Waals surface area contributed by atoms with Crippen molar-refractivity contribution in [1.82, 2.24) is 0 Å². The van der Waals surface area contributed by atoms with E-state index in [9.17, 15) is 9.59 Å². The number of carbonyl (C=O) groups excluding carboxylic acids is 2. The SMILES string of the molecule is CCCCCCCCCCCCCC(=O)OC(=O)CCC. The first-order valence-electron chi connectivity index (χ1n) is 8.94. The maximum Gasteiger partial charge on any atom is 0.313 e. The third-order valence-corrected chi connectivity index (χ3v) is 3.67. The molecule has 0 unspecified atom stereocenters. The summed E-state index contributed by atoms with van der Waals surface area (Å²) in [5.41, 5.74) is 0. The second kappa shape index (κ2) is 15.5. The third kappa shape index (κ3) is 15.3. The van der Waals surface area contributed by atoms with Gasteiger partial charge in [0.1, 0.15) is 0 Å². The Labute approximate surface area is 130 Å². The van der Waals surface area contributed by atoms with E-state index in [1.165, 1.54) is 57.8 Å². The Morgan fingerprint density at radius 1 is 0.571 bits per heavy atom. The fourth-order valence-electron chi connectivity index (χ4n) is 2.37. The van der Waals surface area contributed by atoms with Crippen molar-refractivity contribution in [3.8, 4) is 0 Å². The summed E-state index contributed by atoms with van der Waals surface area (Å²) >= 11 is 0. The highest BCUT2D eigenvalue weighted by atomic mass is 16.6. The third-order valence-electron chi connectivity index (χ3n) is 3.67. The van der Waals surface area contributed by atoms with Crippen LogP contribution in [0.4, 0.5) is 0 Å². The predicted octanol–water partition coefficient (Wildman–Crippen LogP) is 5.56. The molecule has 0 aromatic carbocycles. The molecule has 0 N–H and O–H groups in total. The lowest BCUT2D eigenvalue weighted by atomic mass is 10.1. The highest BCUT2D eigenvalue weighted by Gasteiger charge is 2.08. The zero-order valence-electron chi connectivity index (χ0n) is 14.1. The lowest BCUT2D eigenvalue weighted by Gasteiger charge is -2.03. The molecule has 0 aliphatic carbocycles. The normalized spacial score (nSPS) is 10.6. The molecule has 0 fully saturated rings. The van der Waals surface area contributed by atoms with Crippen LogP contribution in [0.5, 0.6) is 0 Å². The number of hydrogen-bond donors (Lipinski definition) is 0. The fraction of sp³-hybridized carbons (Fsp3) is 0.889. The molecule has 124 valence electrons. The molecule has 0 aromatic rings. The molecule has 0 saturated heterocycles. The molecule has 0 aliphatic heterocycles. The highest BCUT2D eigenvalue weighted by molar-refractivity contribution is 5.85. The van der Waals surface area contributed by atoms with Gasteiger partial charge in [-0.3, -0.25) is 9.59 Å². The van der Waals surface area contributed by atoms with E-state index in [4.69, 9.17) is 4.74 Å². The van der Waals surface area contributed by atoms with Gasteiger partial charge >= 0.3 is 11.9 Å². The van der Waals surface area contributed by atoms with Crippen LogP contribution >= 0.6 is 0 Å².